The Morgan fingerprint density at radius 3 is 2.88 bits per heavy atom. The molecule has 0 amide bonds. The molecule has 0 atom stereocenters. The van der Waals surface area contributed by atoms with Crippen LogP contribution in [0.3, 0.4) is 0 Å². The number of fused-ring (bicyclic) bond motifs is 1. The number of nitrogens with one attached hydrogen (secondary N) is 3. The average Bonchev–Trinajstić information content (AvgIpc) is 2.87. The number of nitrogens with zero attached hydrogens (tertiary/aromatic N) is 1. The Labute approximate surface area is 98.4 Å². The van der Waals surface area contributed by atoms with E-state index >= 15 is 0 Å². The van der Waals surface area contributed by atoms with Gasteiger partial charge in [0.2, 0.25) is 0 Å². The molecule has 86 valence electrons. The summed E-state index contributed by atoms with van der Waals surface area (Å²) in [6.45, 7) is 0. The molecule has 0 saturated carbocycles. The third-order valence-corrected chi connectivity index (χ3v) is 3.12. The number of hydrogen-bond donors (Lipinski definition) is 3. The van der Waals surface area contributed by atoms with Crippen LogP contribution in [0.4, 0.5) is 0 Å². The Morgan fingerprint density at radius 2 is 2.12 bits per heavy atom. The van der Waals surface area contributed by atoms with Crippen LogP contribution in [0.25, 0.3) is 11.2 Å². The number of rotatable bonds is 2. The highest BCUT2D eigenvalue weighted by molar-refractivity contribution is 7.07. The van der Waals surface area contributed by atoms with E-state index in [4.69, 9.17) is 0 Å². The monoisotopic (exact) mass is 248 g/mol. The average molecular weight is 248 g/mol. The second kappa shape index (κ2) is 3.70. The van der Waals surface area contributed by atoms with Gasteiger partial charge in [-0.05, 0) is 22.4 Å². The number of hydrogen-bond acceptors (Lipinski definition) is 4. The van der Waals surface area contributed by atoms with Gasteiger partial charge < -0.3 is 4.98 Å². The molecule has 3 aromatic heterocycles. The van der Waals surface area contributed by atoms with Crippen molar-refractivity contribution < 1.29 is 0 Å². The maximum Gasteiger partial charge on any atom is 0.327 e. The highest BCUT2D eigenvalue weighted by atomic mass is 32.1. The highest BCUT2D eigenvalue weighted by Crippen LogP contribution is 2.11. The molecule has 7 heteroatoms. The summed E-state index contributed by atoms with van der Waals surface area (Å²) in [5, 5.41) is 3.99. The lowest BCUT2D eigenvalue weighted by atomic mass is 10.2. The van der Waals surface area contributed by atoms with Crippen molar-refractivity contribution in [2.24, 2.45) is 0 Å². The fourth-order valence-electron chi connectivity index (χ4n) is 1.65. The molecule has 0 aliphatic heterocycles. The second-order valence-corrected chi connectivity index (χ2v) is 4.40. The Morgan fingerprint density at radius 1 is 1.24 bits per heavy atom. The van der Waals surface area contributed by atoms with Gasteiger partial charge in [0.15, 0.2) is 5.65 Å². The summed E-state index contributed by atoms with van der Waals surface area (Å²) < 4.78 is 0. The Bertz CT molecular complexity index is 766. The van der Waals surface area contributed by atoms with Gasteiger partial charge in [-0.3, -0.25) is 14.8 Å². The molecule has 6 nitrogen and oxygen atoms in total. The molecule has 0 fully saturated rings. The topological polar surface area (TPSA) is 94.4 Å². The van der Waals surface area contributed by atoms with Crippen molar-refractivity contribution in [3.63, 3.8) is 0 Å². The molecule has 0 unspecified atom stereocenters. The molecular weight excluding hydrogens is 240 g/mol. The van der Waals surface area contributed by atoms with E-state index in [9.17, 15) is 9.59 Å². The zero-order chi connectivity index (χ0) is 11.8. The van der Waals surface area contributed by atoms with Crippen LogP contribution in [0.5, 0.6) is 0 Å². The summed E-state index contributed by atoms with van der Waals surface area (Å²) in [5.74, 6) is 0.658. The van der Waals surface area contributed by atoms with E-state index in [1.807, 2.05) is 16.8 Å². The largest absolute Gasteiger partial charge is 0.336 e. The third-order valence-electron chi connectivity index (χ3n) is 2.39. The maximum atomic E-state index is 11.5. The van der Waals surface area contributed by atoms with Crippen LogP contribution in [-0.2, 0) is 6.42 Å². The number of H-pyrrole nitrogens is 3. The minimum atomic E-state index is -0.545. The van der Waals surface area contributed by atoms with Gasteiger partial charge in [-0.1, -0.05) is 0 Å². The van der Waals surface area contributed by atoms with Gasteiger partial charge in [0.25, 0.3) is 5.56 Å². The lowest BCUT2D eigenvalue weighted by molar-refractivity contribution is 1.04. The van der Waals surface area contributed by atoms with E-state index in [2.05, 4.69) is 19.9 Å². The Hall–Kier alpha value is -2.15. The van der Waals surface area contributed by atoms with Crippen molar-refractivity contribution >= 4 is 22.5 Å². The SMILES string of the molecule is O=c1[nH]c(=O)c2[nH]c(Cc3ccsc3)nc2[nH]1. The van der Waals surface area contributed by atoms with Crippen molar-refractivity contribution in [2.45, 2.75) is 6.42 Å². The van der Waals surface area contributed by atoms with Crippen LogP contribution in [0.2, 0.25) is 0 Å². The number of aromatic amines is 3. The second-order valence-electron chi connectivity index (χ2n) is 3.62. The van der Waals surface area contributed by atoms with Crippen LogP contribution in [0, 0.1) is 0 Å². The zero-order valence-corrected chi connectivity index (χ0v) is 9.43. The lowest BCUT2D eigenvalue weighted by Crippen LogP contribution is -2.21. The van der Waals surface area contributed by atoms with E-state index < -0.39 is 11.2 Å². The predicted octanol–water partition coefficient (Wildman–Crippen LogP) is 0.592. The van der Waals surface area contributed by atoms with E-state index in [0.717, 1.165) is 5.56 Å². The van der Waals surface area contributed by atoms with Crippen LogP contribution in [0.15, 0.2) is 26.4 Å². The van der Waals surface area contributed by atoms with Crippen molar-refractivity contribution in [2.75, 3.05) is 0 Å². The molecule has 0 aromatic carbocycles. The van der Waals surface area contributed by atoms with Crippen molar-refractivity contribution in [1.82, 2.24) is 19.9 Å². The lowest BCUT2D eigenvalue weighted by Gasteiger charge is -1.90. The van der Waals surface area contributed by atoms with Crippen LogP contribution < -0.4 is 11.2 Å². The fraction of sp³-hybridized carbons (Fsp3) is 0.100. The van der Waals surface area contributed by atoms with Crippen molar-refractivity contribution in [1.29, 1.82) is 0 Å². The van der Waals surface area contributed by atoms with E-state index in [0.29, 0.717) is 23.4 Å². The number of imidazole rings is 1. The van der Waals surface area contributed by atoms with Gasteiger partial charge in [0.05, 0.1) is 0 Å². The summed E-state index contributed by atoms with van der Waals surface area (Å²) in [5.41, 5.74) is 0.718. The summed E-state index contributed by atoms with van der Waals surface area (Å²) in [6.07, 6.45) is 0.611. The molecule has 3 rings (SSSR count). The minimum Gasteiger partial charge on any atom is -0.336 e. The van der Waals surface area contributed by atoms with Crippen LogP contribution in [0.1, 0.15) is 11.4 Å². The molecule has 0 bridgehead atoms. The fourth-order valence-corrected chi connectivity index (χ4v) is 2.32. The summed E-state index contributed by atoms with van der Waals surface area (Å²) in [6, 6.07) is 1.99. The molecule has 0 saturated heterocycles. The van der Waals surface area contributed by atoms with Gasteiger partial charge in [0.1, 0.15) is 11.3 Å². The molecule has 17 heavy (non-hydrogen) atoms. The van der Waals surface area contributed by atoms with Gasteiger partial charge in [0, 0.05) is 6.42 Å². The first-order valence-corrected chi connectivity index (χ1v) is 5.89. The quantitative estimate of drug-likeness (QED) is 0.619. The first-order chi connectivity index (χ1) is 8.22. The molecule has 0 aliphatic carbocycles. The molecule has 0 spiro atoms. The summed E-state index contributed by atoms with van der Waals surface area (Å²) >= 11 is 1.60. The third kappa shape index (κ3) is 1.80. The zero-order valence-electron chi connectivity index (χ0n) is 8.61. The first kappa shape index (κ1) is 10.0. The molecule has 3 heterocycles. The molecular formula is C10H8N4O2S. The molecule has 3 aromatic rings. The van der Waals surface area contributed by atoms with E-state index in [1.165, 1.54) is 0 Å². The van der Waals surface area contributed by atoms with Gasteiger partial charge in [-0.2, -0.15) is 11.3 Å². The number of aromatic nitrogens is 4. The normalized spacial score (nSPS) is 11.1. The van der Waals surface area contributed by atoms with Crippen LogP contribution in [-0.4, -0.2) is 19.9 Å². The van der Waals surface area contributed by atoms with Crippen molar-refractivity contribution in [3.05, 3.63) is 49.1 Å². The molecule has 3 N–H and O–H groups in total. The predicted molar refractivity (Wildman–Crippen MR) is 64.5 cm³/mol. The van der Waals surface area contributed by atoms with Gasteiger partial charge in [-0.25, -0.2) is 9.78 Å². The smallest absolute Gasteiger partial charge is 0.327 e. The first-order valence-electron chi connectivity index (χ1n) is 4.94. The maximum absolute atomic E-state index is 11.5. The minimum absolute atomic E-state index is 0.295. The molecule has 0 aliphatic rings. The summed E-state index contributed by atoms with van der Waals surface area (Å²) in [4.78, 5) is 34.3. The van der Waals surface area contributed by atoms with Gasteiger partial charge in [-0.15, -0.1) is 0 Å². The molecule has 0 radical (unpaired) electrons. The van der Waals surface area contributed by atoms with Gasteiger partial charge >= 0.3 is 5.69 Å². The standard InChI is InChI=1S/C10H8N4O2S/c15-9-7-8(13-10(16)14-9)12-6(11-7)3-5-1-2-17-4-5/h1-2,4H,3H2,(H3,11,12,13,14,15,16). The van der Waals surface area contributed by atoms with Crippen LogP contribution >= 0.6 is 11.3 Å². The number of thiophene rings is 1. The Kier molecular flexibility index (Phi) is 2.19. The van der Waals surface area contributed by atoms with E-state index in [1.54, 1.807) is 11.3 Å². The highest BCUT2D eigenvalue weighted by Gasteiger charge is 2.08. The van der Waals surface area contributed by atoms with E-state index in [-0.39, 0.29) is 0 Å². The van der Waals surface area contributed by atoms with Crippen molar-refractivity contribution in [3.8, 4) is 0 Å². The Balaban J connectivity index is 2.11. The summed E-state index contributed by atoms with van der Waals surface area (Å²) in [7, 11) is 0.